The summed E-state index contributed by atoms with van der Waals surface area (Å²) in [5, 5.41) is 14.9. The number of H-pyrrole nitrogens is 2. The van der Waals surface area contributed by atoms with Crippen LogP contribution in [0.2, 0.25) is 0 Å². The van der Waals surface area contributed by atoms with E-state index in [0.29, 0.717) is 17.0 Å². The number of phenols is 1. The van der Waals surface area contributed by atoms with Crippen molar-refractivity contribution in [1.29, 1.82) is 0 Å². The lowest BCUT2D eigenvalue weighted by molar-refractivity contribution is 0.475. The van der Waals surface area contributed by atoms with Crippen molar-refractivity contribution in [3.63, 3.8) is 0 Å². The van der Waals surface area contributed by atoms with Gasteiger partial charge in [-0.05, 0) is 29.8 Å². The van der Waals surface area contributed by atoms with Crippen molar-refractivity contribution in [2.75, 3.05) is 12.1 Å². The van der Waals surface area contributed by atoms with Crippen molar-refractivity contribution in [1.82, 2.24) is 19.9 Å². The largest absolute Gasteiger partial charge is 0.508 e. The Bertz CT molecular complexity index is 849. The number of hydrogen-bond acceptors (Lipinski definition) is 6. The highest BCUT2D eigenvalue weighted by Crippen LogP contribution is 2.17. The van der Waals surface area contributed by atoms with Crippen molar-refractivity contribution >= 4 is 23.2 Å². The van der Waals surface area contributed by atoms with E-state index in [1.165, 1.54) is 11.3 Å². The van der Waals surface area contributed by atoms with E-state index in [1.807, 2.05) is 0 Å². The average Bonchev–Trinajstić information content (AvgIpc) is 2.93. The molecule has 2 heterocycles. The first-order valence-electron chi connectivity index (χ1n) is 6.13. The molecule has 21 heavy (non-hydrogen) atoms. The molecule has 0 aliphatic carbocycles. The van der Waals surface area contributed by atoms with Gasteiger partial charge < -0.3 is 10.1 Å². The van der Waals surface area contributed by atoms with Crippen LogP contribution in [0.1, 0.15) is 5.56 Å². The minimum Gasteiger partial charge on any atom is -0.508 e. The van der Waals surface area contributed by atoms with Gasteiger partial charge in [-0.3, -0.25) is 4.98 Å². The molecule has 0 atom stereocenters. The zero-order valence-electron chi connectivity index (χ0n) is 11.1. The van der Waals surface area contributed by atoms with Crippen LogP contribution in [0.4, 0.5) is 5.82 Å². The van der Waals surface area contributed by atoms with Gasteiger partial charge in [-0.25, -0.2) is 14.8 Å². The number of imidazole rings is 1. The van der Waals surface area contributed by atoms with E-state index < -0.39 is 5.69 Å². The maximum atomic E-state index is 11.5. The standard InChI is InChI=1S/C13H12N6O2/c1-19(16-6-8-2-4-9(20)5-3-8)12-10-11(15-7-14-10)17-13(21)18-12/h2-7,20H,1H3,(H2,14,15,17,18,21)/b16-6+. The van der Waals surface area contributed by atoms with E-state index in [0.717, 1.165) is 5.56 Å². The molecule has 106 valence electrons. The Morgan fingerprint density at radius 3 is 2.86 bits per heavy atom. The van der Waals surface area contributed by atoms with Crippen LogP contribution in [0.5, 0.6) is 5.75 Å². The lowest BCUT2D eigenvalue weighted by atomic mass is 10.2. The molecule has 8 nitrogen and oxygen atoms in total. The van der Waals surface area contributed by atoms with Crippen LogP contribution in [-0.2, 0) is 0 Å². The van der Waals surface area contributed by atoms with E-state index in [2.05, 4.69) is 25.0 Å². The zero-order chi connectivity index (χ0) is 14.8. The molecule has 0 radical (unpaired) electrons. The summed E-state index contributed by atoms with van der Waals surface area (Å²) in [6.07, 6.45) is 3.08. The summed E-state index contributed by atoms with van der Waals surface area (Å²) < 4.78 is 0. The summed E-state index contributed by atoms with van der Waals surface area (Å²) in [5.41, 5.74) is 1.35. The van der Waals surface area contributed by atoms with Crippen LogP contribution in [0.25, 0.3) is 11.2 Å². The summed E-state index contributed by atoms with van der Waals surface area (Å²) in [6.45, 7) is 0. The Kier molecular flexibility index (Phi) is 3.11. The van der Waals surface area contributed by atoms with Crippen LogP contribution >= 0.6 is 0 Å². The van der Waals surface area contributed by atoms with Crippen molar-refractivity contribution < 1.29 is 5.11 Å². The molecule has 3 aromatic rings. The summed E-state index contributed by atoms with van der Waals surface area (Å²) in [4.78, 5) is 24.8. The Labute approximate surface area is 118 Å². The van der Waals surface area contributed by atoms with Crippen LogP contribution in [0.3, 0.4) is 0 Å². The molecule has 1 aromatic carbocycles. The summed E-state index contributed by atoms with van der Waals surface area (Å²) in [7, 11) is 1.68. The predicted octanol–water partition coefficient (Wildman–Crippen LogP) is 0.822. The summed E-state index contributed by atoms with van der Waals surface area (Å²) in [5.74, 6) is 0.567. The molecule has 0 unspecified atom stereocenters. The minimum absolute atomic E-state index is 0.191. The number of phenolic OH excluding ortho intramolecular Hbond substituents is 1. The Morgan fingerprint density at radius 2 is 2.10 bits per heavy atom. The Balaban J connectivity index is 1.93. The Morgan fingerprint density at radius 1 is 1.33 bits per heavy atom. The first-order valence-corrected chi connectivity index (χ1v) is 6.13. The molecule has 0 saturated carbocycles. The van der Waals surface area contributed by atoms with Gasteiger partial charge in [0.25, 0.3) is 0 Å². The van der Waals surface area contributed by atoms with Crippen LogP contribution in [0, 0.1) is 0 Å². The fraction of sp³-hybridized carbons (Fsp3) is 0.0769. The first-order chi connectivity index (χ1) is 10.1. The molecule has 3 rings (SSSR count). The molecule has 0 spiro atoms. The molecule has 3 N–H and O–H groups in total. The van der Waals surface area contributed by atoms with Gasteiger partial charge in [0.05, 0.1) is 12.5 Å². The molecule has 0 bridgehead atoms. The van der Waals surface area contributed by atoms with E-state index in [4.69, 9.17) is 0 Å². The third-order valence-electron chi connectivity index (χ3n) is 2.88. The second-order valence-electron chi connectivity index (χ2n) is 4.35. The normalized spacial score (nSPS) is 11.3. The van der Waals surface area contributed by atoms with Gasteiger partial charge in [-0.15, -0.1) is 0 Å². The monoisotopic (exact) mass is 284 g/mol. The van der Waals surface area contributed by atoms with Gasteiger partial charge in [0.1, 0.15) is 11.3 Å². The zero-order valence-corrected chi connectivity index (χ0v) is 11.1. The minimum atomic E-state index is -0.490. The maximum absolute atomic E-state index is 11.5. The fourth-order valence-electron chi connectivity index (χ4n) is 1.84. The van der Waals surface area contributed by atoms with Crippen molar-refractivity contribution in [2.45, 2.75) is 0 Å². The number of aromatic hydroxyl groups is 1. The van der Waals surface area contributed by atoms with E-state index in [-0.39, 0.29) is 5.75 Å². The number of aromatic amines is 2. The van der Waals surface area contributed by atoms with Crippen LogP contribution in [-0.4, -0.2) is 38.3 Å². The van der Waals surface area contributed by atoms with E-state index >= 15 is 0 Å². The van der Waals surface area contributed by atoms with Crippen LogP contribution in [0.15, 0.2) is 40.5 Å². The maximum Gasteiger partial charge on any atom is 0.348 e. The fourth-order valence-corrected chi connectivity index (χ4v) is 1.84. The van der Waals surface area contributed by atoms with Crippen LogP contribution < -0.4 is 10.7 Å². The number of rotatable bonds is 3. The number of anilines is 1. The van der Waals surface area contributed by atoms with Crippen molar-refractivity contribution in [3.05, 3.63) is 46.6 Å². The number of benzene rings is 1. The topological polar surface area (TPSA) is 110 Å². The van der Waals surface area contributed by atoms with Gasteiger partial charge >= 0.3 is 5.69 Å². The number of fused-ring (bicyclic) bond motifs is 1. The lowest BCUT2D eigenvalue weighted by Crippen LogP contribution is -2.18. The summed E-state index contributed by atoms with van der Waals surface area (Å²) >= 11 is 0. The highest BCUT2D eigenvalue weighted by molar-refractivity contribution is 5.84. The first kappa shape index (κ1) is 12.9. The second-order valence-corrected chi connectivity index (χ2v) is 4.35. The molecule has 0 saturated heterocycles. The molecular formula is C13H12N6O2. The number of hydrazone groups is 1. The van der Waals surface area contributed by atoms with Gasteiger partial charge in [0.2, 0.25) is 0 Å². The number of nitrogens with zero attached hydrogens (tertiary/aromatic N) is 4. The third kappa shape index (κ3) is 2.59. The third-order valence-corrected chi connectivity index (χ3v) is 2.88. The molecule has 0 fully saturated rings. The Hall–Kier alpha value is -3.16. The van der Waals surface area contributed by atoms with Gasteiger partial charge in [-0.1, -0.05) is 0 Å². The van der Waals surface area contributed by atoms with E-state index in [9.17, 15) is 9.90 Å². The van der Waals surface area contributed by atoms with Gasteiger partial charge in [0.15, 0.2) is 11.5 Å². The SMILES string of the molecule is CN(/N=C/c1ccc(O)cc1)c1nc(=O)[nH]c2nc[nH]c12. The number of nitrogens with one attached hydrogen (secondary N) is 2. The molecule has 8 heteroatoms. The summed E-state index contributed by atoms with van der Waals surface area (Å²) in [6, 6.07) is 6.59. The van der Waals surface area contributed by atoms with Crippen molar-refractivity contribution in [3.8, 4) is 5.75 Å². The van der Waals surface area contributed by atoms with E-state index in [1.54, 1.807) is 37.5 Å². The molecule has 0 aliphatic rings. The molecule has 0 aliphatic heterocycles. The smallest absolute Gasteiger partial charge is 0.348 e. The quantitative estimate of drug-likeness (QED) is 0.487. The predicted molar refractivity (Wildman–Crippen MR) is 78.6 cm³/mol. The molecule has 2 aromatic heterocycles. The molecular weight excluding hydrogens is 272 g/mol. The highest BCUT2D eigenvalue weighted by Gasteiger charge is 2.10. The van der Waals surface area contributed by atoms with Gasteiger partial charge in [0, 0.05) is 7.05 Å². The highest BCUT2D eigenvalue weighted by atomic mass is 16.3. The molecule has 0 amide bonds. The number of aromatic nitrogens is 4. The van der Waals surface area contributed by atoms with Crippen molar-refractivity contribution in [2.24, 2.45) is 5.10 Å². The number of hydrogen-bond donors (Lipinski definition) is 3. The lowest BCUT2D eigenvalue weighted by Gasteiger charge is -2.11. The average molecular weight is 284 g/mol. The second kappa shape index (κ2) is 5.08. The van der Waals surface area contributed by atoms with Gasteiger partial charge in [-0.2, -0.15) is 10.1 Å².